The molecule has 0 saturated heterocycles. The Morgan fingerprint density at radius 2 is 1.84 bits per heavy atom. The van der Waals surface area contributed by atoms with Crippen LogP contribution in [0.15, 0.2) is 53.0 Å². The number of amides is 1. The summed E-state index contributed by atoms with van der Waals surface area (Å²) >= 11 is 3.47. The number of aromatic nitrogens is 2. The first-order valence-corrected chi connectivity index (χ1v) is 8.90. The molecule has 1 heterocycles. The van der Waals surface area contributed by atoms with Crippen molar-refractivity contribution in [2.75, 3.05) is 5.32 Å². The van der Waals surface area contributed by atoms with Crippen LogP contribution in [0.25, 0.3) is 0 Å². The number of halogens is 1. The quantitative estimate of drug-likeness (QED) is 0.682. The highest BCUT2D eigenvalue weighted by Crippen LogP contribution is 2.22. The molecule has 0 bridgehead atoms. The number of nitrogens with zero attached hydrogens (tertiary/aromatic N) is 2. The summed E-state index contributed by atoms with van der Waals surface area (Å²) in [6.45, 7) is 6.45. The summed E-state index contributed by atoms with van der Waals surface area (Å²) in [7, 11) is 0. The number of benzene rings is 2. The van der Waals surface area contributed by atoms with E-state index in [2.05, 4.69) is 38.5 Å². The molecule has 0 aliphatic rings. The fraction of sp³-hybridized carbons (Fsp3) is 0.200. The number of anilines is 1. The Hall–Kier alpha value is -2.40. The van der Waals surface area contributed by atoms with E-state index in [9.17, 15) is 4.79 Å². The number of nitrogens with one attached hydrogen (secondary N) is 1. The van der Waals surface area contributed by atoms with Crippen LogP contribution in [0.1, 0.15) is 32.9 Å². The molecule has 5 heteroatoms. The average molecular weight is 398 g/mol. The second-order valence-corrected chi connectivity index (χ2v) is 6.96. The highest BCUT2D eigenvalue weighted by molar-refractivity contribution is 9.10. The summed E-state index contributed by atoms with van der Waals surface area (Å²) in [6, 6.07) is 15.9. The summed E-state index contributed by atoms with van der Waals surface area (Å²) in [5, 5.41) is 7.52. The minimum absolute atomic E-state index is 0.129. The third-order valence-corrected chi connectivity index (χ3v) is 5.09. The molecule has 1 aromatic heterocycles. The van der Waals surface area contributed by atoms with E-state index >= 15 is 0 Å². The molecule has 0 radical (unpaired) electrons. The lowest BCUT2D eigenvalue weighted by Gasteiger charge is -2.08. The molecule has 1 amide bonds. The van der Waals surface area contributed by atoms with Gasteiger partial charge in [0.2, 0.25) is 0 Å². The summed E-state index contributed by atoms with van der Waals surface area (Å²) in [6.07, 6.45) is 0. The van der Waals surface area contributed by atoms with Crippen LogP contribution in [0, 0.1) is 20.8 Å². The zero-order chi connectivity index (χ0) is 18.0. The van der Waals surface area contributed by atoms with Crippen LogP contribution in [0.5, 0.6) is 0 Å². The van der Waals surface area contributed by atoms with Gasteiger partial charge in [0.25, 0.3) is 5.91 Å². The molecule has 4 nitrogen and oxygen atoms in total. The molecule has 3 rings (SSSR count). The highest BCUT2D eigenvalue weighted by Gasteiger charge is 2.19. The number of aryl methyl sites for hydroxylation is 2. The lowest BCUT2D eigenvalue weighted by Crippen LogP contribution is -2.14. The van der Waals surface area contributed by atoms with Crippen molar-refractivity contribution < 1.29 is 4.79 Å². The van der Waals surface area contributed by atoms with Gasteiger partial charge in [-0.15, -0.1) is 0 Å². The first-order valence-electron chi connectivity index (χ1n) is 8.11. The topological polar surface area (TPSA) is 46.9 Å². The van der Waals surface area contributed by atoms with E-state index in [1.165, 1.54) is 0 Å². The fourth-order valence-corrected chi connectivity index (χ4v) is 3.10. The monoisotopic (exact) mass is 397 g/mol. The van der Waals surface area contributed by atoms with Gasteiger partial charge in [0, 0.05) is 15.9 Å². The molecule has 1 N–H and O–H groups in total. The minimum atomic E-state index is -0.129. The SMILES string of the molecule is Cc1cc(NC(=O)c2c(C)nn(Cc3ccccc3)c2C)ccc1Br. The van der Waals surface area contributed by atoms with Crippen LogP contribution >= 0.6 is 15.9 Å². The van der Waals surface area contributed by atoms with Crippen molar-refractivity contribution >= 4 is 27.5 Å². The highest BCUT2D eigenvalue weighted by atomic mass is 79.9. The molecular weight excluding hydrogens is 378 g/mol. The predicted molar refractivity (Wildman–Crippen MR) is 104 cm³/mol. The second-order valence-electron chi connectivity index (χ2n) is 6.11. The Kier molecular flexibility index (Phi) is 5.04. The van der Waals surface area contributed by atoms with Crippen molar-refractivity contribution in [2.45, 2.75) is 27.3 Å². The van der Waals surface area contributed by atoms with Crippen molar-refractivity contribution in [2.24, 2.45) is 0 Å². The van der Waals surface area contributed by atoms with Gasteiger partial charge in [0.15, 0.2) is 0 Å². The van der Waals surface area contributed by atoms with Crippen LogP contribution in [0.2, 0.25) is 0 Å². The van der Waals surface area contributed by atoms with E-state index in [4.69, 9.17) is 0 Å². The summed E-state index contributed by atoms with van der Waals surface area (Å²) in [5.74, 6) is -0.129. The Balaban J connectivity index is 1.84. The van der Waals surface area contributed by atoms with Crippen molar-refractivity contribution in [1.29, 1.82) is 0 Å². The number of carbonyl (C=O) groups is 1. The van der Waals surface area contributed by atoms with E-state index < -0.39 is 0 Å². The maximum Gasteiger partial charge on any atom is 0.259 e. The average Bonchev–Trinajstić information content (AvgIpc) is 2.86. The summed E-state index contributed by atoms with van der Waals surface area (Å²) in [5.41, 5.74) is 5.25. The van der Waals surface area contributed by atoms with Crippen molar-refractivity contribution in [3.05, 3.63) is 81.1 Å². The largest absolute Gasteiger partial charge is 0.322 e. The zero-order valence-electron chi connectivity index (χ0n) is 14.5. The first-order chi connectivity index (χ1) is 12.0. The van der Waals surface area contributed by atoms with Gasteiger partial charge in [-0.3, -0.25) is 9.48 Å². The molecule has 0 fully saturated rings. The molecule has 0 saturated carbocycles. The van der Waals surface area contributed by atoms with E-state index in [1.807, 2.05) is 61.9 Å². The molecular formula is C20H20BrN3O. The summed E-state index contributed by atoms with van der Waals surface area (Å²) < 4.78 is 2.90. The molecule has 3 aromatic rings. The van der Waals surface area contributed by atoms with E-state index in [-0.39, 0.29) is 5.91 Å². The third-order valence-electron chi connectivity index (χ3n) is 4.20. The number of hydrogen-bond donors (Lipinski definition) is 1. The first kappa shape index (κ1) is 17.4. The van der Waals surface area contributed by atoms with Crippen LogP contribution in [-0.2, 0) is 6.54 Å². The van der Waals surface area contributed by atoms with Gasteiger partial charge in [-0.05, 0) is 50.1 Å². The molecule has 0 atom stereocenters. The van der Waals surface area contributed by atoms with Crippen molar-refractivity contribution in [3.8, 4) is 0 Å². The van der Waals surface area contributed by atoms with Crippen LogP contribution < -0.4 is 5.32 Å². The lowest BCUT2D eigenvalue weighted by molar-refractivity contribution is 0.102. The van der Waals surface area contributed by atoms with Gasteiger partial charge in [0.05, 0.1) is 17.8 Å². The lowest BCUT2D eigenvalue weighted by atomic mass is 10.1. The standard InChI is InChI=1S/C20H20BrN3O/c1-13-11-17(9-10-18(13)21)22-20(25)19-14(2)23-24(15(19)3)12-16-7-5-4-6-8-16/h4-11H,12H2,1-3H3,(H,22,25). The normalized spacial score (nSPS) is 10.7. The Labute approximate surface area is 156 Å². The third kappa shape index (κ3) is 3.82. The molecule has 0 unspecified atom stereocenters. The van der Waals surface area contributed by atoms with Crippen LogP contribution in [0.3, 0.4) is 0 Å². The van der Waals surface area contributed by atoms with Gasteiger partial charge in [0.1, 0.15) is 0 Å². The molecule has 0 spiro atoms. The van der Waals surface area contributed by atoms with Gasteiger partial charge in [-0.1, -0.05) is 46.3 Å². The van der Waals surface area contributed by atoms with Gasteiger partial charge < -0.3 is 5.32 Å². The van der Waals surface area contributed by atoms with E-state index in [1.54, 1.807) is 0 Å². The fourth-order valence-electron chi connectivity index (χ4n) is 2.85. The second kappa shape index (κ2) is 7.23. The summed E-state index contributed by atoms with van der Waals surface area (Å²) in [4.78, 5) is 12.7. The predicted octanol–water partition coefficient (Wildman–Crippen LogP) is 4.87. The van der Waals surface area contributed by atoms with Crippen molar-refractivity contribution in [3.63, 3.8) is 0 Å². The van der Waals surface area contributed by atoms with E-state index in [0.717, 1.165) is 32.7 Å². The number of carbonyl (C=O) groups excluding carboxylic acids is 1. The van der Waals surface area contributed by atoms with Gasteiger partial charge in [-0.2, -0.15) is 5.10 Å². The smallest absolute Gasteiger partial charge is 0.259 e. The maximum atomic E-state index is 12.7. The molecule has 2 aromatic carbocycles. The Morgan fingerprint density at radius 1 is 1.12 bits per heavy atom. The van der Waals surface area contributed by atoms with E-state index in [0.29, 0.717) is 12.1 Å². The van der Waals surface area contributed by atoms with Gasteiger partial charge in [-0.25, -0.2) is 0 Å². The Morgan fingerprint density at radius 3 is 2.52 bits per heavy atom. The molecule has 0 aliphatic heterocycles. The Bertz CT molecular complexity index is 916. The number of hydrogen-bond acceptors (Lipinski definition) is 2. The maximum absolute atomic E-state index is 12.7. The van der Waals surface area contributed by atoms with Crippen LogP contribution in [0.4, 0.5) is 5.69 Å². The molecule has 25 heavy (non-hydrogen) atoms. The zero-order valence-corrected chi connectivity index (χ0v) is 16.1. The minimum Gasteiger partial charge on any atom is -0.322 e. The molecule has 0 aliphatic carbocycles. The molecule has 128 valence electrons. The van der Waals surface area contributed by atoms with Crippen molar-refractivity contribution in [1.82, 2.24) is 9.78 Å². The van der Waals surface area contributed by atoms with Crippen LogP contribution in [-0.4, -0.2) is 15.7 Å². The number of rotatable bonds is 4. The van der Waals surface area contributed by atoms with Gasteiger partial charge >= 0.3 is 0 Å².